The van der Waals surface area contributed by atoms with Crippen LogP contribution in [0.1, 0.15) is 38.5 Å². The molecule has 2 rings (SSSR count). The van der Waals surface area contributed by atoms with Crippen molar-refractivity contribution in [3.05, 3.63) is 0 Å². The van der Waals surface area contributed by atoms with E-state index in [4.69, 9.17) is 20.4 Å². The molecule has 0 aromatic rings. The number of hydrogen-bond donors (Lipinski definition) is 6. The largest absolute Gasteiger partial charge is 2.00 e. The summed E-state index contributed by atoms with van der Waals surface area (Å²) >= 11 is 0. The minimum atomic E-state index is -1.67. The molecule has 0 heterocycles. The molecular weight excluding hydrogens is 1050 g/mol. The van der Waals surface area contributed by atoms with Crippen molar-refractivity contribution < 1.29 is 124 Å². The summed E-state index contributed by atoms with van der Waals surface area (Å²) in [5, 5.41) is 68.9. The SMILES string of the molecule is CO.CO.CO.CO.CS(C)=O.CS(C)=O.CS(C)=O.CS(C)=O.CS(C)=O.CS(C)=O.N.N.O=C([O-])C1(C(=O)[O-])CCC1.O=C([O-])C1(C(=O)[O-])CCC1.[Ru+2].[Ru+2]. The number of carbonyl (C=O) groups is 4. The van der Waals surface area contributed by atoms with Crippen LogP contribution in [0.25, 0.3) is 0 Å². The summed E-state index contributed by atoms with van der Waals surface area (Å²) in [5.74, 6) is -6.06. The predicted octanol–water partition coefficient (Wildman–Crippen LogP) is -5.97. The van der Waals surface area contributed by atoms with Crippen molar-refractivity contribution in [1.82, 2.24) is 12.3 Å². The van der Waals surface area contributed by atoms with Crippen LogP contribution in [0.15, 0.2) is 0 Å². The Hall–Kier alpha value is -0.213. The van der Waals surface area contributed by atoms with Gasteiger partial charge in [0.1, 0.15) is 0 Å². The molecular formula is C28H70N2O18Ru2S6. The molecule has 0 amide bonds. The Morgan fingerprint density at radius 2 is 0.429 bits per heavy atom. The summed E-state index contributed by atoms with van der Waals surface area (Å²) in [7, 11) is 0.333. The summed E-state index contributed by atoms with van der Waals surface area (Å²) in [5.41, 5.74) is -3.33. The molecule has 352 valence electrons. The third-order valence-electron chi connectivity index (χ3n) is 3.98. The molecule has 0 saturated heterocycles. The summed E-state index contributed by atoms with van der Waals surface area (Å²) in [4.78, 5) is 40.9. The van der Waals surface area contributed by atoms with Gasteiger partial charge in [-0.05, 0) is 25.7 Å². The Morgan fingerprint density at radius 3 is 0.429 bits per heavy atom. The average molecular weight is 1120 g/mol. The third-order valence-corrected chi connectivity index (χ3v) is 3.98. The molecule has 20 nitrogen and oxygen atoms in total. The Balaban J connectivity index is -0.0000000299. The Labute approximate surface area is 375 Å². The van der Waals surface area contributed by atoms with Gasteiger partial charge in [-0.15, -0.1) is 0 Å². The van der Waals surface area contributed by atoms with Crippen LogP contribution in [0.2, 0.25) is 0 Å². The zero-order valence-corrected chi connectivity index (χ0v) is 43.7. The van der Waals surface area contributed by atoms with E-state index in [1.54, 1.807) is 75.1 Å². The van der Waals surface area contributed by atoms with E-state index in [0.29, 0.717) is 12.8 Å². The van der Waals surface area contributed by atoms with E-state index in [0.717, 1.165) is 28.4 Å². The maximum Gasteiger partial charge on any atom is 2.00 e. The minimum absolute atomic E-state index is 0. The first-order chi connectivity index (χ1) is 23.6. The molecule has 10 N–H and O–H groups in total. The van der Waals surface area contributed by atoms with Gasteiger partial charge in [-0.25, -0.2) is 0 Å². The van der Waals surface area contributed by atoms with Crippen LogP contribution in [0.5, 0.6) is 0 Å². The molecule has 2 aliphatic rings. The number of rotatable bonds is 4. The predicted molar refractivity (Wildman–Crippen MR) is 215 cm³/mol. The van der Waals surface area contributed by atoms with Crippen molar-refractivity contribution in [2.24, 2.45) is 10.8 Å². The van der Waals surface area contributed by atoms with Gasteiger partial charge in [0.05, 0.1) is 23.9 Å². The van der Waals surface area contributed by atoms with E-state index >= 15 is 0 Å². The van der Waals surface area contributed by atoms with Crippen molar-refractivity contribution >= 4 is 88.7 Å². The second-order valence-electron chi connectivity index (χ2n) is 9.47. The van der Waals surface area contributed by atoms with E-state index < -0.39 is 99.5 Å². The number of aliphatic hydroxyl groups excluding tert-OH is 4. The molecule has 2 fully saturated rings. The van der Waals surface area contributed by atoms with Crippen molar-refractivity contribution in [2.45, 2.75) is 38.5 Å². The maximum atomic E-state index is 10.2. The first-order valence-corrected chi connectivity index (χ1v) is 25.5. The quantitative estimate of drug-likeness (QED) is 0.113. The minimum Gasteiger partial charge on any atom is -0.549 e. The number of carboxylic acid groups (broad SMARTS) is 4. The van der Waals surface area contributed by atoms with Gasteiger partial charge >= 0.3 is 39.0 Å². The van der Waals surface area contributed by atoms with Gasteiger partial charge in [-0.2, -0.15) is 0 Å². The van der Waals surface area contributed by atoms with Gasteiger partial charge in [0.2, 0.25) is 0 Å². The van der Waals surface area contributed by atoms with E-state index in [-0.39, 0.29) is 76.9 Å². The van der Waals surface area contributed by atoms with E-state index in [1.165, 1.54) is 0 Å². The molecule has 0 aliphatic heterocycles. The van der Waals surface area contributed by atoms with E-state index in [1.807, 2.05) is 0 Å². The molecule has 56 heavy (non-hydrogen) atoms. The normalized spacial score (nSPS) is 11.8. The summed E-state index contributed by atoms with van der Waals surface area (Å²) in [6.07, 6.45) is 21.5. The first-order valence-electron chi connectivity index (χ1n) is 13.7. The van der Waals surface area contributed by atoms with Gasteiger partial charge in [0, 0.05) is 179 Å². The monoisotopic (exact) mass is 1120 g/mol. The molecule has 0 unspecified atom stereocenters. The van der Waals surface area contributed by atoms with Crippen LogP contribution in [-0.2, 0) is 123 Å². The summed E-state index contributed by atoms with van der Waals surface area (Å²) < 4.78 is 57.3. The van der Waals surface area contributed by atoms with Gasteiger partial charge in [-0.1, -0.05) is 12.8 Å². The molecule has 0 bridgehead atoms. The molecule has 2 saturated carbocycles. The molecule has 0 radical (unpaired) electrons. The van der Waals surface area contributed by atoms with Gasteiger partial charge in [0.15, 0.2) is 0 Å². The fourth-order valence-corrected chi connectivity index (χ4v) is 2.04. The van der Waals surface area contributed by atoms with E-state index in [2.05, 4.69) is 0 Å². The zero-order valence-electron chi connectivity index (χ0n) is 35.3. The fourth-order valence-electron chi connectivity index (χ4n) is 2.04. The smallest absolute Gasteiger partial charge is 0.549 e. The standard InChI is InChI=1S/2C6H8O4.6C2H6OS.4CH4O.2H3N.2Ru/c2*7-4(8)6(5(9)10)2-1-3-6;6*1-4(2)3;4*1-2;;;;/h2*1-3H2,(H,7,8)(H,9,10);6*1-2H3;4*2H,1H3;2*1H3;;/q;;;;;;;;;;;;;;2*+2/p-4. The van der Waals surface area contributed by atoms with Crippen molar-refractivity contribution in [3.8, 4) is 0 Å². The molecule has 0 atom stereocenters. The number of carboxylic acids is 4. The van der Waals surface area contributed by atoms with Gasteiger partial charge in [-0.3, -0.25) is 25.3 Å². The fraction of sp³-hybridized carbons (Fsp3) is 0.857. The van der Waals surface area contributed by atoms with Gasteiger partial charge < -0.3 is 72.3 Å². The van der Waals surface area contributed by atoms with E-state index in [9.17, 15) is 64.9 Å². The van der Waals surface area contributed by atoms with Crippen LogP contribution in [0, 0.1) is 10.8 Å². The van der Waals surface area contributed by atoms with Gasteiger partial charge in [0.25, 0.3) is 0 Å². The Bertz CT molecular complexity index is 834. The average Bonchev–Trinajstić information content (AvgIpc) is 2.89. The Kier molecular flexibility index (Phi) is 119. The number of carbonyl (C=O) groups excluding carboxylic acids is 4. The maximum absolute atomic E-state index is 10.2. The number of aliphatic carboxylic acids is 4. The third kappa shape index (κ3) is 94.7. The summed E-state index contributed by atoms with van der Waals surface area (Å²) in [6.45, 7) is 0. The summed E-state index contributed by atoms with van der Waals surface area (Å²) in [6, 6.07) is 0. The van der Waals surface area contributed by atoms with Crippen LogP contribution in [0.4, 0.5) is 0 Å². The first kappa shape index (κ1) is 95.9. The van der Waals surface area contributed by atoms with Crippen molar-refractivity contribution in [2.75, 3.05) is 104 Å². The van der Waals surface area contributed by atoms with Crippen LogP contribution in [0.3, 0.4) is 0 Å². The molecule has 0 aromatic carbocycles. The second kappa shape index (κ2) is 69.4. The van der Waals surface area contributed by atoms with Crippen LogP contribution in [-0.4, -0.2) is 173 Å². The van der Waals surface area contributed by atoms with Crippen molar-refractivity contribution in [3.63, 3.8) is 0 Å². The van der Waals surface area contributed by atoms with Crippen molar-refractivity contribution in [1.29, 1.82) is 0 Å². The topological polar surface area (TPSA) is 414 Å². The number of hydrogen-bond acceptors (Lipinski definition) is 20. The molecule has 0 aromatic heterocycles. The molecule has 2 aliphatic carbocycles. The zero-order chi connectivity index (χ0) is 45.0. The molecule has 28 heteroatoms. The second-order valence-corrected chi connectivity index (χ2v) is 18.4. The van der Waals surface area contributed by atoms with Crippen LogP contribution >= 0.6 is 0 Å². The number of aliphatic hydroxyl groups is 4. The Morgan fingerprint density at radius 1 is 0.357 bits per heavy atom. The van der Waals surface area contributed by atoms with Crippen LogP contribution < -0.4 is 32.7 Å². The molecule has 0 spiro atoms.